The van der Waals surface area contributed by atoms with Crippen molar-refractivity contribution in [3.8, 4) is 5.69 Å². The molecule has 8 heteroatoms. The Labute approximate surface area is 151 Å². The number of aromatic nitrogens is 3. The van der Waals surface area contributed by atoms with Crippen LogP contribution in [0.15, 0.2) is 47.6 Å². The van der Waals surface area contributed by atoms with Gasteiger partial charge in [-0.1, -0.05) is 23.7 Å². The lowest BCUT2D eigenvalue weighted by molar-refractivity contribution is 0.601. The first-order valence-corrected chi connectivity index (χ1v) is 9.40. The van der Waals surface area contributed by atoms with E-state index in [0.29, 0.717) is 11.4 Å². The highest BCUT2D eigenvalue weighted by Gasteiger charge is 2.18. The van der Waals surface area contributed by atoms with E-state index in [1.54, 1.807) is 4.68 Å². The lowest BCUT2D eigenvalue weighted by Crippen LogP contribution is -2.14. The number of rotatable bonds is 4. The SMILES string of the molecule is Cc1ccc(C)c(-n2ncc(NS(=O)(=O)c3ccc(Cl)nc3)c2C)c1. The van der Waals surface area contributed by atoms with Crippen molar-refractivity contribution in [3.63, 3.8) is 0 Å². The van der Waals surface area contributed by atoms with Crippen LogP contribution >= 0.6 is 11.6 Å². The van der Waals surface area contributed by atoms with Crippen LogP contribution in [0.1, 0.15) is 16.8 Å². The molecule has 0 radical (unpaired) electrons. The molecule has 0 unspecified atom stereocenters. The fourth-order valence-corrected chi connectivity index (χ4v) is 3.58. The minimum absolute atomic E-state index is 0.0378. The number of sulfonamides is 1. The van der Waals surface area contributed by atoms with Gasteiger partial charge >= 0.3 is 0 Å². The molecule has 0 spiro atoms. The molecule has 130 valence electrons. The zero-order valence-corrected chi connectivity index (χ0v) is 15.6. The summed E-state index contributed by atoms with van der Waals surface area (Å²) >= 11 is 5.71. The van der Waals surface area contributed by atoms with Crippen molar-refractivity contribution in [2.45, 2.75) is 25.7 Å². The Kier molecular flexibility index (Phi) is 4.53. The maximum Gasteiger partial charge on any atom is 0.263 e. The van der Waals surface area contributed by atoms with E-state index in [9.17, 15) is 8.42 Å². The molecular weight excluding hydrogens is 360 g/mol. The van der Waals surface area contributed by atoms with Crippen molar-refractivity contribution in [2.24, 2.45) is 0 Å². The molecule has 0 fully saturated rings. The average molecular weight is 377 g/mol. The van der Waals surface area contributed by atoms with Crippen LogP contribution in [0.3, 0.4) is 0 Å². The maximum atomic E-state index is 12.5. The van der Waals surface area contributed by atoms with Gasteiger partial charge in [0.05, 0.1) is 23.3 Å². The van der Waals surface area contributed by atoms with Gasteiger partial charge in [0.25, 0.3) is 10.0 Å². The van der Waals surface area contributed by atoms with Crippen LogP contribution in [0.25, 0.3) is 5.69 Å². The summed E-state index contributed by atoms with van der Waals surface area (Å²) in [4.78, 5) is 3.85. The molecule has 3 aromatic rings. The second kappa shape index (κ2) is 6.50. The molecule has 1 N–H and O–H groups in total. The van der Waals surface area contributed by atoms with Gasteiger partial charge in [0.1, 0.15) is 10.0 Å². The van der Waals surface area contributed by atoms with E-state index in [1.807, 2.05) is 39.0 Å². The lowest BCUT2D eigenvalue weighted by atomic mass is 10.1. The normalized spacial score (nSPS) is 11.5. The fourth-order valence-electron chi connectivity index (χ4n) is 2.43. The van der Waals surface area contributed by atoms with Crippen molar-refractivity contribution < 1.29 is 8.42 Å². The first-order valence-electron chi connectivity index (χ1n) is 7.54. The Bertz CT molecular complexity index is 1030. The Balaban J connectivity index is 1.96. The number of benzene rings is 1. The summed E-state index contributed by atoms with van der Waals surface area (Å²) in [5, 5.41) is 4.57. The standard InChI is InChI=1S/C17H17ClN4O2S/c1-11-4-5-12(2)16(8-11)22-13(3)15(10-20-22)21-25(23,24)14-6-7-17(18)19-9-14/h4-10,21H,1-3H3. The second-order valence-electron chi connectivity index (χ2n) is 5.77. The number of halogens is 1. The summed E-state index contributed by atoms with van der Waals surface area (Å²) in [5.74, 6) is 0. The smallest absolute Gasteiger partial charge is 0.263 e. The molecule has 0 aliphatic heterocycles. The molecule has 3 rings (SSSR count). The van der Waals surface area contributed by atoms with Gasteiger partial charge in [0.2, 0.25) is 0 Å². The van der Waals surface area contributed by atoms with Crippen LogP contribution < -0.4 is 4.72 Å². The van der Waals surface area contributed by atoms with Crippen LogP contribution in [-0.2, 0) is 10.0 Å². The van der Waals surface area contributed by atoms with Crippen molar-refractivity contribution in [1.82, 2.24) is 14.8 Å². The predicted octanol–water partition coefficient (Wildman–Crippen LogP) is 3.65. The van der Waals surface area contributed by atoms with Gasteiger partial charge in [-0.2, -0.15) is 5.10 Å². The van der Waals surface area contributed by atoms with Gasteiger partial charge in [-0.15, -0.1) is 0 Å². The third-order valence-electron chi connectivity index (χ3n) is 3.86. The van der Waals surface area contributed by atoms with E-state index in [4.69, 9.17) is 11.6 Å². The largest absolute Gasteiger partial charge is 0.276 e. The molecule has 0 saturated heterocycles. The van der Waals surface area contributed by atoms with E-state index in [-0.39, 0.29) is 10.0 Å². The van der Waals surface area contributed by atoms with Crippen LogP contribution in [0.2, 0.25) is 5.15 Å². The van der Waals surface area contributed by atoms with Crippen molar-refractivity contribution in [3.05, 3.63) is 64.7 Å². The molecule has 0 aliphatic rings. The number of pyridine rings is 1. The van der Waals surface area contributed by atoms with Crippen molar-refractivity contribution in [2.75, 3.05) is 4.72 Å². The van der Waals surface area contributed by atoms with E-state index in [0.717, 1.165) is 16.8 Å². The Morgan fingerprint density at radius 1 is 1.08 bits per heavy atom. The first-order chi connectivity index (χ1) is 11.8. The lowest BCUT2D eigenvalue weighted by Gasteiger charge is -2.11. The fraction of sp³-hybridized carbons (Fsp3) is 0.176. The molecule has 0 saturated carbocycles. The third-order valence-corrected chi connectivity index (χ3v) is 5.43. The summed E-state index contributed by atoms with van der Waals surface area (Å²) in [6, 6.07) is 8.88. The second-order valence-corrected chi connectivity index (χ2v) is 7.84. The Morgan fingerprint density at radius 2 is 1.84 bits per heavy atom. The summed E-state index contributed by atoms with van der Waals surface area (Å²) in [6.07, 6.45) is 2.72. The van der Waals surface area contributed by atoms with Gasteiger partial charge < -0.3 is 0 Å². The van der Waals surface area contributed by atoms with E-state index in [2.05, 4.69) is 14.8 Å². The molecule has 0 aliphatic carbocycles. The monoisotopic (exact) mass is 376 g/mol. The molecule has 0 bridgehead atoms. The molecular formula is C17H17ClN4O2S. The number of hydrogen-bond acceptors (Lipinski definition) is 4. The van der Waals surface area contributed by atoms with Crippen LogP contribution in [0.5, 0.6) is 0 Å². The maximum absolute atomic E-state index is 12.5. The van der Waals surface area contributed by atoms with Gasteiger partial charge in [-0.25, -0.2) is 18.1 Å². The van der Waals surface area contributed by atoms with Gasteiger partial charge in [0.15, 0.2) is 0 Å². The minimum atomic E-state index is -3.76. The van der Waals surface area contributed by atoms with Gasteiger partial charge in [0, 0.05) is 6.20 Å². The highest BCUT2D eigenvalue weighted by Crippen LogP contribution is 2.24. The molecule has 1 aromatic carbocycles. The van der Waals surface area contributed by atoms with E-state index >= 15 is 0 Å². The highest BCUT2D eigenvalue weighted by atomic mass is 35.5. The summed E-state index contributed by atoms with van der Waals surface area (Å²) < 4.78 is 29.3. The zero-order chi connectivity index (χ0) is 18.2. The number of nitrogens with one attached hydrogen (secondary N) is 1. The van der Waals surface area contributed by atoms with Crippen molar-refractivity contribution in [1.29, 1.82) is 0 Å². The quantitative estimate of drug-likeness (QED) is 0.705. The number of hydrogen-bond donors (Lipinski definition) is 1. The summed E-state index contributed by atoms with van der Waals surface area (Å²) in [5.41, 5.74) is 4.17. The van der Waals surface area contributed by atoms with Crippen LogP contribution in [0, 0.1) is 20.8 Å². The molecule has 2 heterocycles. The molecule has 2 aromatic heterocycles. The molecule has 25 heavy (non-hydrogen) atoms. The minimum Gasteiger partial charge on any atom is -0.276 e. The Hall–Kier alpha value is -2.38. The highest BCUT2D eigenvalue weighted by molar-refractivity contribution is 7.92. The van der Waals surface area contributed by atoms with E-state index in [1.165, 1.54) is 24.5 Å². The molecule has 0 atom stereocenters. The number of aryl methyl sites for hydroxylation is 2. The summed E-state index contributed by atoms with van der Waals surface area (Å²) in [7, 11) is -3.76. The number of nitrogens with zero attached hydrogens (tertiary/aromatic N) is 3. The van der Waals surface area contributed by atoms with Crippen LogP contribution in [0.4, 0.5) is 5.69 Å². The van der Waals surface area contributed by atoms with Gasteiger partial charge in [-0.3, -0.25) is 4.72 Å². The topological polar surface area (TPSA) is 76.9 Å². The number of anilines is 1. The summed E-state index contributed by atoms with van der Waals surface area (Å²) in [6.45, 7) is 5.80. The van der Waals surface area contributed by atoms with Crippen molar-refractivity contribution >= 4 is 27.3 Å². The van der Waals surface area contributed by atoms with Crippen LogP contribution in [-0.4, -0.2) is 23.2 Å². The average Bonchev–Trinajstić information content (AvgIpc) is 2.90. The molecule has 0 amide bonds. The predicted molar refractivity (Wildman–Crippen MR) is 97.8 cm³/mol. The molecule has 6 nitrogen and oxygen atoms in total. The zero-order valence-electron chi connectivity index (χ0n) is 14.0. The Morgan fingerprint density at radius 3 is 2.52 bits per heavy atom. The van der Waals surface area contributed by atoms with Gasteiger partial charge in [-0.05, 0) is 50.1 Å². The van der Waals surface area contributed by atoms with E-state index < -0.39 is 10.0 Å². The first kappa shape index (κ1) is 17.4. The third kappa shape index (κ3) is 3.52.